The second-order valence-corrected chi connectivity index (χ2v) is 9.10. The van der Waals surface area contributed by atoms with Gasteiger partial charge in [-0.2, -0.15) is 5.26 Å². The van der Waals surface area contributed by atoms with E-state index in [-0.39, 0.29) is 11.9 Å². The molecule has 4 aromatic rings. The van der Waals surface area contributed by atoms with Crippen LogP contribution in [0.4, 0.5) is 4.39 Å². The molecule has 0 aliphatic rings. The van der Waals surface area contributed by atoms with E-state index >= 15 is 0 Å². The Bertz CT molecular complexity index is 1340. The number of hydrogen-bond acceptors (Lipinski definition) is 3. The smallest absolute Gasteiger partial charge is 0.244 e. The Morgan fingerprint density at radius 3 is 2.47 bits per heavy atom. The minimum absolute atomic E-state index is 0.135. The molecule has 0 radical (unpaired) electrons. The maximum atomic E-state index is 13.1. The monoisotopic (exact) mass is 510 g/mol. The summed E-state index contributed by atoms with van der Waals surface area (Å²) in [5.41, 5.74) is 3.85. The van der Waals surface area contributed by atoms with E-state index < -0.39 is 0 Å². The molecule has 0 N–H and O–H groups in total. The van der Waals surface area contributed by atoms with Gasteiger partial charge < -0.3 is 9.47 Å². The Morgan fingerprint density at radius 2 is 1.76 bits per heavy atom. The standard InChI is InChI=1S/C32H33FN3O2/c1-2-21-37-31-15-11-29(12-16-31)32(38-22-17-27-5-7-28(23-34)8-6-27)24-36-20-19-35(25-36)18-3-4-26-9-13-30(33)14-10-26/h3-16,19-20,25,32H,2,17-18,21-22,24H2,1H3/q+1. The maximum Gasteiger partial charge on any atom is 0.244 e. The van der Waals surface area contributed by atoms with Crippen molar-refractivity contribution in [1.82, 2.24) is 4.57 Å². The van der Waals surface area contributed by atoms with Crippen LogP contribution in [0.2, 0.25) is 0 Å². The Morgan fingerprint density at radius 1 is 1.00 bits per heavy atom. The molecule has 0 amide bonds. The van der Waals surface area contributed by atoms with Gasteiger partial charge in [0.15, 0.2) is 0 Å². The molecule has 1 heterocycles. The number of aromatic nitrogens is 2. The Labute approximate surface area is 224 Å². The molecule has 0 aliphatic heterocycles. The molecule has 0 fully saturated rings. The normalized spacial score (nSPS) is 11.9. The highest BCUT2D eigenvalue weighted by molar-refractivity contribution is 5.48. The van der Waals surface area contributed by atoms with E-state index in [4.69, 9.17) is 14.7 Å². The molecule has 5 nitrogen and oxygen atoms in total. The van der Waals surface area contributed by atoms with Crippen LogP contribution in [-0.4, -0.2) is 17.8 Å². The molecule has 1 aromatic heterocycles. The maximum absolute atomic E-state index is 13.1. The second-order valence-electron chi connectivity index (χ2n) is 9.10. The summed E-state index contributed by atoms with van der Waals surface area (Å²) < 4.78 is 29.5. The Kier molecular flexibility index (Phi) is 9.83. The van der Waals surface area contributed by atoms with E-state index in [0.717, 1.165) is 35.3 Å². The molecular weight excluding hydrogens is 477 g/mol. The third-order valence-corrected chi connectivity index (χ3v) is 6.14. The summed E-state index contributed by atoms with van der Waals surface area (Å²) in [7, 11) is 0. The predicted octanol–water partition coefficient (Wildman–Crippen LogP) is 6.29. The molecule has 0 saturated carbocycles. The first-order chi connectivity index (χ1) is 18.6. The van der Waals surface area contributed by atoms with Crippen LogP contribution in [0.5, 0.6) is 5.75 Å². The summed E-state index contributed by atoms with van der Waals surface area (Å²) >= 11 is 0. The lowest BCUT2D eigenvalue weighted by atomic mass is 10.1. The third-order valence-electron chi connectivity index (χ3n) is 6.14. The Hall–Kier alpha value is -4.21. The molecule has 194 valence electrons. The third kappa shape index (κ3) is 8.16. The van der Waals surface area contributed by atoms with Crippen molar-refractivity contribution >= 4 is 6.08 Å². The van der Waals surface area contributed by atoms with Gasteiger partial charge in [0.05, 0.1) is 24.8 Å². The first-order valence-corrected chi connectivity index (χ1v) is 12.9. The number of benzene rings is 3. The lowest BCUT2D eigenvalue weighted by Gasteiger charge is -2.17. The van der Waals surface area contributed by atoms with Crippen LogP contribution >= 0.6 is 0 Å². The van der Waals surface area contributed by atoms with Gasteiger partial charge in [0.25, 0.3) is 0 Å². The molecule has 0 spiro atoms. The van der Waals surface area contributed by atoms with Crippen LogP contribution in [0.25, 0.3) is 6.08 Å². The van der Waals surface area contributed by atoms with Crippen molar-refractivity contribution in [3.05, 3.63) is 126 Å². The fourth-order valence-corrected chi connectivity index (χ4v) is 4.05. The van der Waals surface area contributed by atoms with Crippen LogP contribution < -0.4 is 9.30 Å². The van der Waals surface area contributed by atoms with Gasteiger partial charge in [-0.3, -0.25) is 0 Å². The SMILES string of the molecule is CCCOc1ccc(C(Cn2cc[n+](CC=Cc3ccc(F)cc3)c2)OCCc2ccc(C#N)cc2)cc1. The van der Waals surface area contributed by atoms with E-state index in [0.29, 0.717) is 31.9 Å². The van der Waals surface area contributed by atoms with Crippen molar-refractivity contribution < 1.29 is 18.4 Å². The van der Waals surface area contributed by atoms with Gasteiger partial charge in [-0.15, -0.1) is 0 Å². The lowest BCUT2D eigenvalue weighted by molar-refractivity contribution is -0.686. The molecule has 0 aliphatic carbocycles. The minimum Gasteiger partial charge on any atom is -0.494 e. The highest BCUT2D eigenvalue weighted by Crippen LogP contribution is 2.23. The number of rotatable bonds is 13. The van der Waals surface area contributed by atoms with E-state index in [1.165, 1.54) is 12.1 Å². The molecule has 0 saturated heterocycles. The molecule has 38 heavy (non-hydrogen) atoms. The van der Waals surface area contributed by atoms with E-state index in [2.05, 4.69) is 46.7 Å². The molecule has 3 aromatic carbocycles. The first kappa shape index (κ1) is 26.8. The van der Waals surface area contributed by atoms with E-state index in [1.807, 2.05) is 54.9 Å². The fraction of sp³-hybridized carbons (Fsp3) is 0.250. The van der Waals surface area contributed by atoms with Crippen LogP contribution in [0.15, 0.2) is 97.6 Å². The number of allylic oxidation sites excluding steroid dienone is 1. The molecule has 4 rings (SSSR count). The molecule has 6 heteroatoms. The summed E-state index contributed by atoms with van der Waals surface area (Å²) in [6.45, 7) is 4.72. The molecule has 0 bridgehead atoms. The summed E-state index contributed by atoms with van der Waals surface area (Å²) in [5, 5.41) is 9.02. The fourth-order valence-electron chi connectivity index (χ4n) is 4.05. The van der Waals surface area contributed by atoms with Gasteiger partial charge in [-0.1, -0.05) is 49.4 Å². The topological polar surface area (TPSA) is 51.1 Å². The molecular formula is C32H33FN3O2+. The van der Waals surface area contributed by atoms with E-state index in [9.17, 15) is 4.39 Å². The number of imidazole rings is 1. The van der Waals surface area contributed by atoms with Gasteiger partial charge >= 0.3 is 0 Å². The minimum atomic E-state index is -0.231. The summed E-state index contributed by atoms with van der Waals surface area (Å²) in [4.78, 5) is 0. The number of halogens is 1. The predicted molar refractivity (Wildman–Crippen MR) is 146 cm³/mol. The number of nitrogens with zero attached hydrogens (tertiary/aromatic N) is 3. The summed E-state index contributed by atoms with van der Waals surface area (Å²) in [6.07, 6.45) is 11.8. The van der Waals surface area contributed by atoms with Crippen molar-refractivity contribution in [2.45, 2.75) is 39.0 Å². The van der Waals surface area contributed by atoms with Gasteiger partial charge in [-0.05, 0) is 72.0 Å². The molecule has 1 unspecified atom stereocenters. The summed E-state index contributed by atoms with van der Waals surface area (Å²) in [5.74, 6) is 0.629. The zero-order valence-corrected chi connectivity index (χ0v) is 21.7. The highest BCUT2D eigenvalue weighted by Gasteiger charge is 2.17. The van der Waals surface area contributed by atoms with Gasteiger partial charge in [-0.25, -0.2) is 13.5 Å². The molecule has 1 atom stereocenters. The van der Waals surface area contributed by atoms with Crippen LogP contribution in [0, 0.1) is 17.1 Å². The number of hydrogen-bond donors (Lipinski definition) is 0. The largest absolute Gasteiger partial charge is 0.494 e. The van der Waals surface area contributed by atoms with Crippen LogP contribution in [-0.2, 0) is 24.2 Å². The number of ether oxygens (including phenoxy) is 2. The van der Waals surface area contributed by atoms with Crippen LogP contribution in [0.3, 0.4) is 0 Å². The van der Waals surface area contributed by atoms with Crippen molar-refractivity contribution in [2.24, 2.45) is 0 Å². The first-order valence-electron chi connectivity index (χ1n) is 12.9. The Balaban J connectivity index is 1.40. The average Bonchev–Trinajstić information content (AvgIpc) is 3.40. The quantitative estimate of drug-likeness (QED) is 0.199. The zero-order chi connectivity index (χ0) is 26.6. The number of nitriles is 1. The van der Waals surface area contributed by atoms with Gasteiger partial charge in [0.1, 0.15) is 43.2 Å². The lowest BCUT2D eigenvalue weighted by Crippen LogP contribution is -2.30. The van der Waals surface area contributed by atoms with Gasteiger partial charge in [0, 0.05) is 0 Å². The van der Waals surface area contributed by atoms with Crippen molar-refractivity contribution in [1.29, 1.82) is 5.26 Å². The second kappa shape index (κ2) is 13.9. The van der Waals surface area contributed by atoms with Crippen molar-refractivity contribution in [3.63, 3.8) is 0 Å². The average molecular weight is 511 g/mol. The van der Waals surface area contributed by atoms with E-state index in [1.54, 1.807) is 12.1 Å². The van der Waals surface area contributed by atoms with Crippen molar-refractivity contribution in [2.75, 3.05) is 13.2 Å². The van der Waals surface area contributed by atoms with Crippen LogP contribution in [0.1, 0.15) is 41.7 Å². The van der Waals surface area contributed by atoms with Gasteiger partial charge in [0.2, 0.25) is 6.33 Å². The highest BCUT2D eigenvalue weighted by atomic mass is 19.1. The zero-order valence-electron chi connectivity index (χ0n) is 21.7. The van der Waals surface area contributed by atoms with Crippen molar-refractivity contribution in [3.8, 4) is 11.8 Å². The summed E-state index contributed by atoms with van der Waals surface area (Å²) in [6, 6.07) is 24.4.